The van der Waals surface area contributed by atoms with E-state index in [4.69, 9.17) is 5.73 Å². The summed E-state index contributed by atoms with van der Waals surface area (Å²) in [6, 6.07) is 29.2. The maximum atomic E-state index is 12.6. The van der Waals surface area contributed by atoms with Crippen molar-refractivity contribution in [2.24, 2.45) is 5.73 Å². The van der Waals surface area contributed by atoms with E-state index in [1.807, 2.05) is 54.5 Å². The average Bonchev–Trinajstić information content (AvgIpc) is 3.50. The maximum absolute atomic E-state index is 12.6. The Balaban J connectivity index is 1.42. The quantitative estimate of drug-likeness (QED) is 0.311. The summed E-state index contributed by atoms with van der Waals surface area (Å²) in [5, 5.41) is 4.72. The van der Waals surface area contributed by atoms with E-state index in [2.05, 4.69) is 70.2 Å². The number of carbonyl (C=O) groups excluding carboxylic acids is 1. The second kappa shape index (κ2) is 8.86. The molecule has 0 unspecified atom stereocenters. The topological polar surface area (TPSA) is 65.8 Å². The Kier molecular flexibility index (Phi) is 5.38. The van der Waals surface area contributed by atoms with Crippen LogP contribution in [0.1, 0.15) is 21.6 Å². The Morgan fingerprint density at radius 1 is 0.833 bits per heavy atom. The molecule has 0 spiro atoms. The number of hydrogen-bond donors (Lipinski definition) is 1. The van der Waals surface area contributed by atoms with Crippen LogP contribution in [-0.2, 0) is 13.0 Å². The first-order chi connectivity index (χ1) is 17.6. The number of primary amides is 1. The standard InChI is InChI=1S/C31H26N4O/c1-21-30(31(32)36)28(27-15-7-12-23-9-3-5-14-26(23)27)19-35(21)29-18-33-20-34(29)17-16-24-11-6-10-22-8-2-4-13-25(22)24/h2-15,18-20H,16-17H2,1H3,(H2,32,36). The summed E-state index contributed by atoms with van der Waals surface area (Å²) in [6.07, 6.45) is 6.57. The number of carbonyl (C=O) groups is 1. The number of imidazole rings is 1. The molecule has 6 aromatic rings. The third-order valence-electron chi connectivity index (χ3n) is 7.02. The highest BCUT2D eigenvalue weighted by molar-refractivity contribution is 6.06. The fraction of sp³-hybridized carbons (Fsp3) is 0.0968. The van der Waals surface area contributed by atoms with Crippen molar-refractivity contribution in [1.82, 2.24) is 14.1 Å². The van der Waals surface area contributed by atoms with Gasteiger partial charge < -0.3 is 14.9 Å². The van der Waals surface area contributed by atoms with Gasteiger partial charge >= 0.3 is 0 Å². The monoisotopic (exact) mass is 470 g/mol. The predicted molar refractivity (Wildman–Crippen MR) is 145 cm³/mol. The van der Waals surface area contributed by atoms with Gasteiger partial charge in [0.05, 0.1) is 18.1 Å². The second-order valence-electron chi connectivity index (χ2n) is 9.10. The van der Waals surface area contributed by atoms with Crippen LogP contribution in [-0.4, -0.2) is 20.0 Å². The first-order valence-corrected chi connectivity index (χ1v) is 12.1. The van der Waals surface area contributed by atoms with Crippen molar-refractivity contribution in [3.8, 4) is 16.9 Å². The fourth-order valence-corrected chi connectivity index (χ4v) is 5.26. The fourth-order valence-electron chi connectivity index (χ4n) is 5.26. The molecule has 0 aliphatic carbocycles. The molecule has 0 fully saturated rings. The largest absolute Gasteiger partial charge is 0.366 e. The highest BCUT2D eigenvalue weighted by Gasteiger charge is 2.22. The lowest BCUT2D eigenvalue weighted by atomic mass is 9.96. The van der Waals surface area contributed by atoms with Crippen LogP contribution in [0.25, 0.3) is 38.5 Å². The molecule has 5 heteroatoms. The molecule has 2 aromatic heterocycles. The molecule has 2 N–H and O–H groups in total. The van der Waals surface area contributed by atoms with Crippen molar-refractivity contribution in [2.75, 3.05) is 0 Å². The molecule has 0 radical (unpaired) electrons. The molecule has 0 aliphatic rings. The van der Waals surface area contributed by atoms with Crippen LogP contribution in [0.5, 0.6) is 0 Å². The molecule has 1 amide bonds. The zero-order valence-electron chi connectivity index (χ0n) is 20.1. The summed E-state index contributed by atoms with van der Waals surface area (Å²) in [5.41, 5.74) is 10.4. The summed E-state index contributed by atoms with van der Waals surface area (Å²) in [6.45, 7) is 2.70. The van der Waals surface area contributed by atoms with E-state index >= 15 is 0 Å². The number of rotatable bonds is 6. The van der Waals surface area contributed by atoms with E-state index < -0.39 is 5.91 Å². The molecule has 6 rings (SSSR count). The van der Waals surface area contributed by atoms with Gasteiger partial charge in [0.15, 0.2) is 0 Å². The van der Waals surface area contributed by atoms with Gasteiger partial charge in [0.1, 0.15) is 5.82 Å². The van der Waals surface area contributed by atoms with Crippen molar-refractivity contribution in [1.29, 1.82) is 0 Å². The van der Waals surface area contributed by atoms with Gasteiger partial charge in [-0.2, -0.15) is 0 Å². The number of aromatic nitrogens is 3. The van der Waals surface area contributed by atoms with Gasteiger partial charge in [0, 0.05) is 24.0 Å². The highest BCUT2D eigenvalue weighted by Crippen LogP contribution is 2.34. The maximum Gasteiger partial charge on any atom is 0.251 e. The normalized spacial score (nSPS) is 11.4. The van der Waals surface area contributed by atoms with E-state index in [1.165, 1.54) is 16.3 Å². The van der Waals surface area contributed by atoms with Crippen molar-refractivity contribution < 1.29 is 4.79 Å². The number of aryl methyl sites for hydroxylation is 2. The van der Waals surface area contributed by atoms with E-state index in [0.717, 1.165) is 46.4 Å². The first-order valence-electron chi connectivity index (χ1n) is 12.1. The summed E-state index contributed by atoms with van der Waals surface area (Å²) in [7, 11) is 0. The van der Waals surface area contributed by atoms with Crippen molar-refractivity contribution in [3.05, 3.63) is 120 Å². The summed E-state index contributed by atoms with van der Waals surface area (Å²) in [4.78, 5) is 17.1. The van der Waals surface area contributed by atoms with Crippen LogP contribution >= 0.6 is 0 Å². The van der Waals surface area contributed by atoms with Crippen LogP contribution in [0.4, 0.5) is 0 Å². The number of benzene rings is 4. The number of amides is 1. The summed E-state index contributed by atoms with van der Waals surface area (Å²) < 4.78 is 4.17. The molecule has 5 nitrogen and oxygen atoms in total. The zero-order valence-corrected chi connectivity index (χ0v) is 20.1. The average molecular weight is 471 g/mol. The molecular weight excluding hydrogens is 444 g/mol. The number of fused-ring (bicyclic) bond motifs is 2. The Morgan fingerprint density at radius 3 is 2.28 bits per heavy atom. The third kappa shape index (κ3) is 3.66. The van der Waals surface area contributed by atoms with Crippen molar-refractivity contribution in [3.63, 3.8) is 0 Å². The van der Waals surface area contributed by atoms with Gasteiger partial charge in [-0.3, -0.25) is 4.79 Å². The molecule has 4 aromatic carbocycles. The molecule has 0 aliphatic heterocycles. The van der Waals surface area contributed by atoms with Gasteiger partial charge in [0.25, 0.3) is 5.91 Å². The second-order valence-corrected chi connectivity index (χ2v) is 9.10. The van der Waals surface area contributed by atoms with Crippen LogP contribution < -0.4 is 5.73 Å². The van der Waals surface area contributed by atoms with Gasteiger partial charge in [-0.1, -0.05) is 84.9 Å². The van der Waals surface area contributed by atoms with Crippen LogP contribution in [0, 0.1) is 6.92 Å². The van der Waals surface area contributed by atoms with E-state index in [-0.39, 0.29) is 0 Å². The van der Waals surface area contributed by atoms with Gasteiger partial charge in [-0.15, -0.1) is 0 Å². The first kappa shape index (κ1) is 21.9. The van der Waals surface area contributed by atoms with Gasteiger partial charge in [-0.25, -0.2) is 4.98 Å². The lowest BCUT2D eigenvalue weighted by Gasteiger charge is -2.12. The predicted octanol–water partition coefficient (Wildman–Crippen LogP) is 6.30. The molecule has 2 heterocycles. The Bertz CT molecular complexity index is 1730. The van der Waals surface area contributed by atoms with Crippen LogP contribution in [0.2, 0.25) is 0 Å². The zero-order chi connectivity index (χ0) is 24.6. The molecular formula is C31H26N4O. The van der Waals surface area contributed by atoms with E-state index in [9.17, 15) is 4.79 Å². The lowest BCUT2D eigenvalue weighted by Crippen LogP contribution is -2.14. The Labute approximate surface area is 209 Å². The SMILES string of the molecule is Cc1c(C(N)=O)c(-c2cccc3ccccc23)cn1-c1cncn1CCc1cccc2ccccc12. The smallest absolute Gasteiger partial charge is 0.251 e. The third-order valence-corrected chi connectivity index (χ3v) is 7.02. The van der Waals surface area contributed by atoms with E-state index in [1.54, 1.807) is 0 Å². The van der Waals surface area contributed by atoms with Crippen LogP contribution in [0.3, 0.4) is 0 Å². The van der Waals surface area contributed by atoms with Crippen molar-refractivity contribution >= 4 is 27.5 Å². The molecule has 36 heavy (non-hydrogen) atoms. The highest BCUT2D eigenvalue weighted by atomic mass is 16.1. The van der Waals surface area contributed by atoms with E-state index in [0.29, 0.717) is 5.56 Å². The van der Waals surface area contributed by atoms with Crippen LogP contribution in [0.15, 0.2) is 104 Å². The lowest BCUT2D eigenvalue weighted by molar-refractivity contribution is 0.100. The van der Waals surface area contributed by atoms with Gasteiger partial charge in [0.2, 0.25) is 0 Å². The minimum atomic E-state index is -0.434. The molecule has 176 valence electrons. The molecule has 0 saturated heterocycles. The van der Waals surface area contributed by atoms with Crippen molar-refractivity contribution in [2.45, 2.75) is 19.9 Å². The number of hydrogen-bond acceptors (Lipinski definition) is 2. The summed E-state index contributed by atoms with van der Waals surface area (Å²) in [5.74, 6) is 0.470. The minimum absolute atomic E-state index is 0.434. The Morgan fingerprint density at radius 2 is 1.50 bits per heavy atom. The number of nitrogens with zero attached hydrogens (tertiary/aromatic N) is 3. The molecule has 0 bridgehead atoms. The molecule has 0 saturated carbocycles. The molecule has 0 atom stereocenters. The number of nitrogens with two attached hydrogens (primary N) is 1. The van der Waals surface area contributed by atoms with Gasteiger partial charge in [-0.05, 0) is 46.0 Å². The Hall–Kier alpha value is -4.64. The minimum Gasteiger partial charge on any atom is -0.366 e. The summed E-state index contributed by atoms with van der Waals surface area (Å²) >= 11 is 0.